The zero-order valence-corrected chi connectivity index (χ0v) is 14.7. The van der Waals surface area contributed by atoms with Crippen LogP contribution in [0.3, 0.4) is 0 Å². The maximum absolute atomic E-state index is 11.7. The van der Waals surface area contributed by atoms with Crippen molar-refractivity contribution in [2.45, 2.75) is 51.7 Å². The number of hydrogen-bond donors (Lipinski definition) is 3. The van der Waals surface area contributed by atoms with Gasteiger partial charge in [0.2, 0.25) is 5.91 Å². The van der Waals surface area contributed by atoms with Crippen molar-refractivity contribution >= 4 is 12.0 Å². The minimum Gasteiger partial charge on any atom is -0.444 e. The molecule has 0 aromatic carbocycles. The normalized spacial score (nSPS) is 21.0. The van der Waals surface area contributed by atoms with Gasteiger partial charge in [-0.05, 0) is 39.5 Å². The molecule has 2 amide bonds. The van der Waals surface area contributed by atoms with E-state index in [0.29, 0.717) is 25.6 Å². The minimum atomic E-state index is -0.488. The summed E-state index contributed by atoms with van der Waals surface area (Å²) in [5.41, 5.74) is -0.488. The highest BCUT2D eigenvalue weighted by Gasteiger charge is 2.28. The molecule has 2 unspecified atom stereocenters. The van der Waals surface area contributed by atoms with Gasteiger partial charge < -0.3 is 25.4 Å². The van der Waals surface area contributed by atoms with E-state index in [-0.39, 0.29) is 24.6 Å². The van der Waals surface area contributed by atoms with Crippen LogP contribution in [0.15, 0.2) is 0 Å². The average molecular weight is 329 g/mol. The second-order valence-corrected chi connectivity index (χ2v) is 6.90. The molecule has 23 heavy (non-hydrogen) atoms. The molecule has 2 atom stereocenters. The lowest BCUT2D eigenvalue weighted by Crippen LogP contribution is -2.44. The van der Waals surface area contributed by atoms with Gasteiger partial charge in [-0.1, -0.05) is 6.42 Å². The van der Waals surface area contributed by atoms with Crippen molar-refractivity contribution in [3.63, 3.8) is 0 Å². The molecule has 0 heterocycles. The molecule has 3 N–H and O–H groups in total. The number of nitrogens with one attached hydrogen (secondary N) is 3. The highest BCUT2D eigenvalue weighted by molar-refractivity contribution is 5.78. The Labute approximate surface area is 138 Å². The van der Waals surface area contributed by atoms with Crippen LogP contribution in [-0.4, -0.2) is 57.0 Å². The van der Waals surface area contributed by atoms with E-state index in [4.69, 9.17) is 9.47 Å². The number of rotatable bonds is 8. The smallest absolute Gasteiger partial charge is 0.407 e. The lowest BCUT2D eigenvalue weighted by molar-refractivity contribution is -0.120. The summed E-state index contributed by atoms with van der Waals surface area (Å²) in [4.78, 5) is 23.4. The molecular formula is C16H31N3O4. The molecule has 7 heteroatoms. The quantitative estimate of drug-likeness (QED) is 0.579. The average Bonchev–Trinajstić information content (AvgIpc) is 2.89. The van der Waals surface area contributed by atoms with Crippen molar-refractivity contribution in [2.75, 3.05) is 33.4 Å². The summed E-state index contributed by atoms with van der Waals surface area (Å²) in [6.07, 6.45) is 2.77. The van der Waals surface area contributed by atoms with Gasteiger partial charge in [-0.25, -0.2) is 4.79 Å². The Kier molecular flexibility index (Phi) is 8.33. The summed E-state index contributed by atoms with van der Waals surface area (Å²) >= 11 is 0. The lowest BCUT2D eigenvalue weighted by Gasteiger charge is -2.23. The molecule has 0 radical (unpaired) electrons. The van der Waals surface area contributed by atoms with Gasteiger partial charge in [-0.15, -0.1) is 0 Å². The van der Waals surface area contributed by atoms with E-state index in [1.54, 1.807) is 7.11 Å². The van der Waals surface area contributed by atoms with Crippen molar-refractivity contribution in [3.05, 3.63) is 0 Å². The largest absolute Gasteiger partial charge is 0.444 e. The number of ether oxygens (including phenoxy) is 2. The third-order valence-corrected chi connectivity index (χ3v) is 3.72. The van der Waals surface area contributed by atoms with Crippen molar-refractivity contribution in [1.29, 1.82) is 0 Å². The fourth-order valence-electron chi connectivity index (χ4n) is 2.66. The molecule has 0 saturated heterocycles. The molecule has 7 nitrogen and oxygen atoms in total. The van der Waals surface area contributed by atoms with Crippen LogP contribution in [0.2, 0.25) is 0 Å². The van der Waals surface area contributed by atoms with Crippen molar-refractivity contribution in [3.8, 4) is 0 Å². The zero-order valence-electron chi connectivity index (χ0n) is 14.7. The highest BCUT2D eigenvalue weighted by atomic mass is 16.6. The molecule has 0 aromatic heterocycles. The van der Waals surface area contributed by atoms with E-state index in [2.05, 4.69) is 16.0 Å². The Morgan fingerprint density at radius 2 is 1.91 bits per heavy atom. The van der Waals surface area contributed by atoms with E-state index in [1.807, 2.05) is 20.8 Å². The molecule has 1 saturated carbocycles. The van der Waals surface area contributed by atoms with Gasteiger partial charge in [0.05, 0.1) is 13.2 Å². The first-order valence-corrected chi connectivity index (χ1v) is 8.27. The summed E-state index contributed by atoms with van der Waals surface area (Å²) in [6, 6.07) is 0.248. The topological polar surface area (TPSA) is 88.7 Å². The van der Waals surface area contributed by atoms with E-state index in [9.17, 15) is 9.59 Å². The molecule has 1 rings (SSSR count). The van der Waals surface area contributed by atoms with Crippen molar-refractivity contribution < 1.29 is 19.1 Å². The van der Waals surface area contributed by atoms with E-state index >= 15 is 0 Å². The Morgan fingerprint density at radius 3 is 2.57 bits per heavy atom. The second-order valence-electron chi connectivity index (χ2n) is 6.90. The molecule has 1 aliphatic carbocycles. The summed E-state index contributed by atoms with van der Waals surface area (Å²) in [7, 11) is 1.60. The van der Waals surface area contributed by atoms with Crippen LogP contribution in [0.25, 0.3) is 0 Å². The standard InChI is InChI=1S/C16H31N3O4/c1-16(2,3)23-15(21)19-10-12-6-5-7-13(12)18-11-14(20)17-8-9-22-4/h12-13,18H,5-11H2,1-4H3,(H,17,20)(H,19,21). The summed E-state index contributed by atoms with van der Waals surface area (Å²) in [5, 5.41) is 8.89. The number of methoxy groups -OCH3 is 1. The zero-order chi connectivity index (χ0) is 17.3. The maximum atomic E-state index is 11.7. The van der Waals surface area contributed by atoms with E-state index < -0.39 is 5.60 Å². The van der Waals surface area contributed by atoms with E-state index in [0.717, 1.165) is 19.3 Å². The molecular weight excluding hydrogens is 298 g/mol. The SMILES string of the molecule is COCCNC(=O)CNC1CCCC1CNC(=O)OC(C)(C)C. The van der Waals surface area contributed by atoms with Gasteiger partial charge in [-0.3, -0.25) is 4.79 Å². The first-order chi connectivity index (χ1) is 10.8. The number of carbonyl (C=O) groups excluding carboxylic acids is 2. The minimum absolute atomic E-state index is 0.0344. The maximum Gasteiger partial charge on any atom is 0.407 e. The highest BCUT2D eigenvalue weighted by Crippen LogP contribution is 2.25. The van der Waals surface area contributed by atoms with Gasteiger partial charge in [0.25, 0.3) is 0 Å². The molecule has 134 valence electrons. The lowest BCUT2D eigenvalue weighted by atomic mass is 10.0. The molecule has 0 spiro atoms. The van der Waals surface area contributed by atoms with Gasteiger partial charge in [0.1, 0.15) is 5.60 Å². The molecule has 0 aliphatic heterocycles. The number of alkyl carbamates (subject to hydrolysis) is 1. The predicted octanol–water partition coefficient (Wildman–Crippen LogP) is 1.03. The third-order valence-electron chi connectivity index (χ3n) is 3.72. The van der Waals surface area contributed by atoms with Crippen LogP contribution in [-0.2, 0) is 14.3 Å². The van der Waals surface area contributed by atoms with Crippen LogP contribution in [0.4, 0.5) is 4.79 Å². The van der Waals surface area contributed by atoms with E-state index in [1.165, 1.54) is 0 Å². The fourth-order valence-corrected chi connectivity index (χ4v) is 2.66. The number of hydrogen-bond acceptors (Lipinski definition) is 5. The molecule has 1 aliphatic rings. The summed E-state index contributed by atoms with van der Waals surface area (Å²) < 4.78 is 10.1. The summed E-state index contributed by atoms with van der Waals surface area (Å²) in [5.74, 6) is 0.294. The predicted molar refractivity (Wildman–Crippen MR) is 88.3 cm³/mol. The van der Waals surface area contributed by atoms with Crippen LogP contribution in [0.5, 0.6) is 0 Å². The Balaban J connectivity index is 2.25. The van der Waals surface area contributed by atoms with Crippen LogP contribution in [0, 0.1) is 5.92 Å². The third kappa shape index (κ3) is 8.76. The molecule has 1 fully saturated rings. The van der Waals surface area contributed by atoms with Gasteiger partial charge >= 0.3 is 6.09 Å². The first kappa shape index (κ1) is 19.7. The van der Waals surface area contributed by atoms with Crippen molar-refractivity contribution in [1.82, 2.24) is 16.0 Å². The Hall–Kier alpha value is -1.34. The van der Waals surface area contributed by atoms with Gasteiger partial charge in [-0.2, -0.15) is 0 Å². The van der Waals surface area contributed by atoms with Gasteiger partial charge in [0, 0.05) is 26.2 Å². The second kappa shape index (κ2) is 9.72. The number of amides is 2. The summed E-state index contributed by atoms with van der Waals surface area (Å²) in [6.45, 7) is 7.41. The molecule has 0 bridgehead atoms. The Morgan fingerprint density at radius 1 is 1.17 bits per heavy atom. The van der Waals surface area contributed by atoms with Crippen LogP contribution < -0.4 is 16.0 Å². The first-order valence-electron chi connectivity index (χ1n) is 8.27. The number of carbonyl (C=O) groups is 2. The van der Waals surface area contributed by atoms with Crippen molar-refractivity contribution in [2.24, 2.45) is 5.92 Å². The Bertz CT molecular complexity index is 382. The molecule has 0 aromatic rings. The van der Waals surface area contributed by atoms with Crippen LogP contribution in [0.1, 0.15) is 40.0 Å². The fraction of sp³-hybridized carbons (Fsp3) is 0.875. The monoisotopic (exact) mass is 329 g/mol. The van der Waals surface area contributed by atoms with Crippen LogP contribution >= 0.6 is 0 Å². The van der Waals surface area contributed by atoms with Gasteiger partial charge in [0.15, 0.2) is 0 Å².